The summed E-state index contributed by atoms with van der Waals surface area (Å²) >= 11 is 0. The smallest absolute Gasteiger partial charge is 0.377 e. The largest absolute Gasteiger partial charge is 0.536 e. The van der Waals surface area contributed by atoms with E-state index in [-0.39, 0.29) is 0 Å². The lowest BCUT2D eigenvalue weighted by molar-refractivity contribution is 0.123. The molecule has 0 atom stereocenters. The Morgan fingerprint density at radius 3 is 1.74 bits per heavy atom. The fraction of sp³-hybridized carbons (Fsp3) is 0.600. The van der Waals surface area contributed by atoms with Gasteiger partial charge in [-0.3, -0.25) is 0 Å². The molecule has 0 heterocycles. The highest BCUT2D eigenvalue weighted by molar-refractivity contribution is 6.75. The van der Waals surface area contributed by atoms with Gasteiger partial charge >= 0.3 is 17.6 Å². The summed E-state index contributed by atoms with van der Waals surface area (Å²) in [6.07, 6.45) is 0.724. The molecule has 0 bridgehead atoms. The van der Waals surface area contributed by atoms with E-state index < -0.39 is 17.6 Å². The lowest BCUT2D eigenvalue weighted by Gasteiger charge is -2.28. The van der Waals surface area contributed by atoms with Crippen molar-refractivity contribution in [2.75, 3.05) is 42.7 Å². The standard InChI is InChI=1S/C15H28O6Si2/c1-13-8-9-14(10-11-22(16-2,17-3)18-4)15(12-13)23(19-5,20-6)21-7/h8-9,12H,10-11H2,1-7H3. The van der Waals surface area contributed by atoms with Gasteiger partial charge in [0, 0.05) is 53.9 Å². The first-order valence-corrected chi connectivity index (χ1v) is 11.0. The Morgan fingerprint density at radius 2 is 1.30 bits per heavy atom. The van der Waals surface area contributed by atoms with E-state index in [0.717, 1.165) is 22.7 Å². The summed E-state index contributed by atoms with van der Waals surface area (Å²) in [4.78, 5) is 0. The number of aryl methyl sites for hydroxylation is 2. The molecule has 0 unspecified atom stereocenters. The van der Waals surface area contributed by atoms with E-state index in [4.69, 9.17) is 26.6 Å². The van der Waals surface area contributed by atoms with Gasteiger partial charge in [0.1, 0.15) is 0 Å². The van der Waals surface area contributed by atoms with Crippen LogP contribution in [0.25, 0.3) is 0 Å². The average molecular weight is 361 g/mol. The summed E-state index contributed by atoms with van der Waals surface area (Å²) in [5.74, 6) is 0. The van der Waals surface area contributed by atoms with E-state index in [9.17, 15) is 0 Å². The van der Waals surface area contributed by atoms with Crippen LogP contribution >= 0.6 is 0 Å². The van der Waals surface area contributed by atoms with Crippen molar-refractivity contribution in [3.05, 3.63) is 29.3 Å². The van der Waals surface area contributed by atoms with Gasteiger partial charge in [-0.15, -0.1) is 0 Å². The highest BCUT2D eigenvalue weighted by atomic mass is 28.4. The molecule has 0 radical (unpaired) electrons. The van der Waals surface area contributed by atoms with Crippen LogP contribution in [0.5, 0.6) is 0 Å². The normalized spacial score (nSPS) is 12.7. The van der Waals surface area contributed by atoms with Crippen molar-refractivity contribution in [1.29, 1.82) is 0 Å². The van der Waals surface area contributed by atoms with Crippen molar-refractivity contribution < 1.29 is 26.6 Å². The molecule has 132 valence electrons. The molecule has 0 spiro atoms. The third-order valence-electron chi connectivity index (χ3n) is 4.03. The zero-order valence-electron chi connectivity index (χ0n) is 15.1. The van der Waals surface area contributed by atoms with Crippen molar-refractivity contribution in [2.24, 2.45) is 0 Å². The maximum Gasteiger partial charge on any atom is 0.536 e. The minimum Gasteiger partial charge on any atom is -0.377 e. The quantitative estimate of drug-likeness (QED) is 0.590. The summed E-state index contributed by atoms with van der Waals surface area (Å²) in [5.41, 5.74) is 2.22. The topological polar surface area (TPSA) is 55.4 Å². The number of benzene rings is 1. The van der Waals surface area contributed by atoms with Gasteiger partial charge in [0.2, 0.25) is 0 Å². The molecule has 1 aromatic rings. The van der Waals surface area contributed by atoms with Crippen molar-refractivity contribution >= 4 is 22.8 Å². The molecule has 0 fully saturated rings. The van der Waals surface area contributed by atoms with Gasteiger partial charge < -0.3 is 26.6 Å². The highest BCUT2D eigenvalue weighted by Gasteiger charge is 2.44. The fourth-order valence-electron chi connectivity index (χ4n) is 2.62. The molecule has 6 nitrogen and oxygen atoms in total. The molecule has 0 saturated heterocycles. The lowest BCUT2D eigenvalue weighted by Crippen LogP contribution is -2.56. The molecule has 8 heteroatoms. The predicted molar refractivity (Wildman–Crippen MR) is 92.9 cm³/mol. The third-order valence-corrected chi connectivity index (χ3v) is 9.50. The molecular formula is C15H28O6Si2. The highest BCUT2D eigenvalue weighted by Crippen LogP contribution is 2.19. The Labute approximate surface area is 141 Å². The van der Waals surface area contributed by atoms with Gasteiger partial charge in [-0.05, 0) is 18.9 Å². The van der Waals surface area contributed by atoms with Crippen LogP contribution in [0.15, 0.2) is 18.2 Å². The molecule has 0 saturated carbocycles. The van der Waals surface area contributed by atoms with E-state index >= 15 is 0 Å². The second-order valence-corrected chi connectivity index (χ2v) is 11.1. The van der Waals surface area contributed by atoms with Crippen LogP contribution in [-0.4, -0.2) is 60.3 Å². The van der Waals surface area contributed by atoms with Crippen LogP contribution in [0.3, 0.4) is 0 Å². The Hall–Kier alpha value is -0.586. The number of hydrogen-bond acceptors (Lipinski definition) is 6. The van der Waals surface area contributed by atoms with E-state index in [1.807, 2.05) is 6.92 Å². The van der Waals surface area contributed by atoms with Gasteiger partial charge in [0.05, 0.1) is 0 Å². The molecular weight excluding hydrogens is 332 g/mol. The van der Waals surface area contributed by atoms with Crippen molar-refractivity contribution in [3.8, 4) is 0 Å². The van der Waals surface area contributed by atoms with Crippen LogP contribution in [0.2, 0.25) is 6.04 Å². The second kappa shape index (κ2) is 9.04. The van der Waals surface area contributed by atoms with Gasteiger partial charge in [0.15, 0.2) is 0 Å². The summed E-state index contributed by atoms with van der Waals surface area (Å²) in [7, 11) is 4.16. The summed E-state index contributed by atoms with van der Waals surface area (Å²) in [6, 6.07) is 6.86. The van der Waals surface area contributed by atoms with E-state index in [2.05, 4.69) is 18.2 Å². The van der Waals surface area contributed by atoms with Gasteiger partial charge in [0.25, 0.3) is 0 Å². The van der Waals surface area contributed by atoms with Crippen LogP contribution in [-0.2, 0) is 33.0 Å². The predicted octanol–water partition coefficient (Wildman–Crippen LogP) is 1.50. The maximum absolute atomic E-state index is 5.64. The van der Waals surface area contributed by atoms with E-state index in [1.165, 1.54) is 0 Å². The summed E-state index contributed by atoms with van der Waals surface area (Å²) in [5, 5.41) is 0.969. The molecule has 1 rings (SSSR count). The average Bonchev–Trinajstić information content (AvgIpc) is 2.60. The van der Waals surface area contributed by atoms with Gasteiger partial charge in [-0.25, -0.2) is 0 Å². The molecule has 23 heavy (non-hydrogen) atoms. The van der Waals surface area contributed by atoms with Crippen LogP contribution in [0.1, 0.15) is 11.1 Å². The Kier molecular flexibility index (Phi) is 8.04. The molecule has 1 aromatic carbocycles. The fourth-order valence-corrected chi connectivity index (χ4v) is 6.47. The molecule has 0 aliphatic heterocycles. The number of rotatable bonds is 10. The van der Waals surface area contributed by atoms with Crippen molar-refractivity contribution in [1.82, 2.24) is 0 Å². The maximum atomic E-state index is 5.64. The zero-order valence-corrected chi connectivity index (χ0v) is 17.1. The number of hydrogen-bond donors (Lipinski definition) is 0. The van der Waals surface area contributed by atoms with Gasteiger partial charge in [-0.1, -0.05) is 23.8 Å². The Bertz CT molecular complexity index is 472. The first-order valence-electron chi connectivity index (χ1n) is 7.37. The molecule has 0 aromatic heterocycles. The van der Waals surface area contributed by atoms with E-state index in [1.54, 1.807) is 42.7 Å². The monoisotopic (exact) mass is 360 g/mol. The van der Waals surface area contributed by atoms with Crippen LogP contribution in [0.4, 0.5) is 0 Å². The van der Waals surface area contributed by atoms with Crippen molar-refractivity contribution in [2.45, 2.75) is 19.4 Å². The van der Waals surface area contributed by atoms with E-state index in [0.29, 0.717) is 6.04 Å². The SMILES string of the molecule is CO[Si](CCc1ccc(C)cc1[Si](OC)(OC)OC)(OC)OC. The molecule has 0 N–H and O–H groups in total. The molecule has 0 aliphatic rings. The second-order valence-electron chi connectivity index (χ2n) is 5.12. The van der Waals surface area contributed by atoms with Gasteiger partial charge in [-0.2, -0.15) is 0 Å². The lowest BCUT2D eigenvalue weighted by atomic mass is 10.1. The van der Waals surface area contributed by atoms with Crippen molar-refractivity contribution in [3.63, 3.8) is 0 Å². The third kappa shape index (κ3) is 4.49. The summed E-state index contributed by atoms with van der Waals surface area (Å²) in [6.45, 7) is 2.03. The Morgan fingerprint density at radius 1 is 0.783 bits per heavy atom. The molecule has 0 amide bonds. The Balaban J connectivity index is 3.18. The minimum atomic E-state index is -2.90. The molecule has 0 aliphatic carbocycles. The first-order chi connectivity index (χ1) is 11.0. The minimum absolute atomic E-state index is 0.661. The van der Waals surface area contributed by atoms with Crippen LogP contribution in [0, 0.1) is 6.92 Å². The summed E-state index contributed by atoms with van der Waals surface area (Å²) < 4.78 is 33.4. The first kappa shape index (κ1) is 20.5. The zero-order chi connectivity index (χ0) is 17.5. The van der Waals surface area contributed by atoms with Crippen LogP contribution < -0.4 is 5.19 Å².